The summed E-state index contributed by atoms with van der Waals surface area (Å²) in [5.74, 6) is 2.95. The molecule has 0 amide bonds. The maximum atomic E-state index is 4.92. The van der Waals surface area contributed by atoms with Gasteiger partial charge in [-0.25, -0.2) is 4.98 Å². The van der Waals surface area contributed by atoms with Gasteiger partial charge in [-0.15, -0.1) is 0 Å². The number of imidazole rings is 1. The Hall–Kier alpha value is -1.13. The Morgan fingerprint density at radius 2 is 2.00 bits per heavy atom. The third-order valence-electron chi connectivity index (χ3n) is 4.33. The van der Waals surface area contributed by atoms with Crippen molar-refractivity contribution in [1.82, 2.24) is 15.3 Å². The number of hydrogen-bond acceptors (Lipinski definition) is 2. The minimum absolute atomic E-state index is 0.430. The zero-order valence-electron chi connectivity index (χ0n) is 12.5. The van der Waals surface area contributed by atoms with Gasteiger partial charge < -0.3 is 10.3 Å². The zero-order valence-corrected chi connectivity index (χ0v) is 14.0. The summed E-state index contributed by atoms with van der Waals surface area (Å²) in [4.78, 5) is 8.50. The molecule has 2 aliphatic rings. The summed E-state index contributed by atoms with van der Waals surface area (Å²) in [6, 6.07) is 9.14. The molecule has 3 nitrogen and oxygen atoms in total. The average Bonchev–Trinajstić information content (AvgIpc) is 3.17. The van der Waals surface area contributed by atoms with Crippen molar-refractivity contribution in [2.75, 3.05) is 12.4 Å². The van der Waals surface area contributed by atoms with E-state index in [9.17, 15) is 0 Å². The fraction of sp³-hybridized carbons (Fsp3) is 0.471. The highest BCUT2D eigenvalue weighted by Gasteiger charge is 2.23. The number of nitrogens with zero attached hydrogens (tertiary/aromatic N) is 1. The Morgan fingerprint density at radius 1 is 1.14 bits per heavy atom. The summed E-state index contributed by atoms with van der Waals surface area (Å²) >= 11 is 2.94. The molecule has 1 aromatic carbocycles. The van der Waals surface area contributed by atoms with E-state index in [1.165, 1.54) is 41.8 Å². The second kappa shape index (κ2) is 6.75. The van der Waals surface area contributed by atoms with Crippen LogP contribution in [-0.2, 0) is 12.8 Å². The van der Waals surface area contributed by atoms with Crippen LogP contribution in [0.25, 0.3) is 11.3 Å². The lowest BCUT2D eigenvalue weighted by Crippen LogP contribution is -2.14. The van der Waals surface area contributed by atoms with E-state index in [2.05, 4.69) is 50.5 Å². The lowest BCUT2D eigenvalue weighted by Gasteiger charge is -2.06. The fourth-order valence-electron chi connectivity index (χ4n) is 3.34. The highest BCUT2D eigenvalue weighted by Crippen LogP contribution is 2.32. The predicted molar refractivity (Wildman–Crippen MR) is 90.9 cm³/mol. The maximum Gasteiger partial charge on any atom is 0.124 e. The van der Waals surface area contributed by atoms with E-state index in [1.54, 1.807) is 0 Å². The molecule has 112 valence electrons. The molecule has 0 unspecified atom stereocenters. The van der Waals surface area contributed by atoms with Crippen LogP contribution in [0.1, 0.15) is 42.4 Å². The second-order valence-electron chi connectivity index (χ2n) is 5.61. The van der Waals surface area contributed by atoms with Crippen LogP contribution >= 0.6 is 15.9 Å². The molecular formula is C17H22BrN3. The van der Waals surface area contributed by atoms with E-state index in [1.807, 2.05) is 5.83 Å². The molecule has 0 saturated carbocycles. The standard InChI is InChI=1S/C16H19N3.CH3Br/c1-2-7-12-11(5-1)6-3-8-13-15(12)19-16(18-13)14-9-4-10-17-14;1-2/h1-2,5,7,14,17H,3-4,6,8-10H2,(H,18,19);1H3/t14-;/m0./s1. The van der Waals surface area contributed by atoms with Crippen molar-refractivity contribution in [1.29, 1.82) is 0 Å². The molecule has 1 atom stereocenters. The molecule has 1 aliphatic heterocycles. The first kappa shape index (κ1) is 14.8. The van der Waals surface area contributed by atoms with Crippen molar-refractivity contribution in [3.05, 3.63) is 41.3 Å². The van der Waals surface area contributed by atoms with Gasteiger partial charge in [-0.05, 0) is 50.0 Å². The Kier molecular flexibility index (Phi) is 4.76. The number of alkyl halides is 1. The molecule has 1 saturated heterocycles. The monoisotopic (exact) mass is 347 g/mol. The molecular weight excluding hydrogens is 326 g/mol. The highest BCUT2D eigenvalue weighted by atomic mass is 79.9. The maximum absolute atomic E-state index is 4.92. The summed E-state index contributed by atoms with van der Waals surface area (Å²) in [7, 11) is 0. The molecule has 1 aliphatic carbocycles. The van der Waals surface area contributed by atoms with Crippen LogP contribution in [0.3, 0.4) is 0 Å². The number of aromatic amines is 1. The van der Waals surface area contributed by atoms with Crippen molar-refractivity contribution in [2.45, 2.75) is 38.1 Å². The van der Waals surface area contributed by atoms with Gasteiger partial charge in [-0.2, -0.15) is 0 Å². The number of nitrogens with one attached hydrogen (secondary N) is 2. The quantitative estimate of drug-likeness (QED) is 0.765. The van der Waals surface area contributed by atoms with Crippen LogP contribution in [0.5, 0.6) is 0 Å². The van der Waals surface area contributed by atoms with Crippen molar-refractivity contribution < 1.29 is 0 Å². The van der Waals surface area contributed by atoms with E-state index < -0.39 is 0 Å². The molecule has 2 aromatic rings. The third kappa shape index (κ3) is 2.92. The lowest BCUT2D eigenvalue weighted by molar-refractivity contribution is 0.610. The van der Waals surface area contributed by atoms with E-state index in [4.69, 9.17) is 4.98 Å². The van der Waals surface area contributed by atoms with Crippen molar-refractivity contribution in [2.24, 2.45) is 0 Å². The summed E-state index contributed by atoms with van der Waals surface area (Å²) in [5.41, 5.74) is 5.29. The minimum Gasteiger partial charge on any atom is -0.344 e. The Morgan fingerprint density at radius 3 is 2.81 bits per heavy atom. The largest absolute Gasteiger partial charge is 0.344 e. The topological polar surface area (TPSA) is 40.7 Å². The number of H-pyrrole nitrogens is 1. The first-order valence-electron chi connectivity index (χ1n) is 7.70. The van der Waals surface area contributed by atoms with Crippen molar-refractivity contribution >= 4 is 15.9 Å². The van der Waals surface area contributed by atoms with Crippen LogP contribution in [-0.4, -0.2) is 22.3 Å². The number of benzene rings is 1. The van der Waals surface area contributed by atoms with Crippen LogP contribution in [0.2, 0.25) is 0 Å². The molecule has 0 bridgehead atoms. The lowest BCUT2D eigenvalue weighted by atomic mass is 10.0. The molecule has 4 rings (SSSR count). The Balaban J connectivity index is 0.000000636. The minimum atomic E-state index is 0.430. The molecule has 2 N–H and O–H groups in total. The van der Waals surface area contributed by atoms with E-state index >= 15 is 0 Å². The number of aryl methyl sites for hydroxylation is 2. The van der Waals surface area contributed by atoms with E-state index in [-0.39, 0.29) is 0 Å². The smallest absolute Gasteiger partial charge is 0.124 e. The van der Waals surface area contributed by atoms with Gasteiger partial charge >= 0.3 is 0 Å². The zero-order chi connectivity index (χ0) is 14.7. The molecule has 0 radical (unpaired) electrons. The Bertz CT molecular complexity index is 600. The normalized spacial score (nSPS) is 20.0. The van der Waals surface area contributed by atoms with Gasteiger partial charge in [0.1, 0.15) is 5.82 Å². The number of aromatic nitrogens is 2. The number of hydrogen-bond donors (Lipinski definition) is 2. The van der Waals surface area contributed by atoms with Gasteiger partial charge in [-0.1, -0.05) is 40.2 Å². The Labute approximate surface area is 134 Å². The SMILES string of the molecule is CBr.c1ccc2c(c1)CCCc1[nH]c([C@@H]3CCCN3)nc1-2. The van der Waals surface area contributed by atoms with Crippen LogP contribution in [0.4, 0.5) is 0 Å². The van der Waals surface area contributed by atoms with Gasteiger partial charge in [0.15, 0.2) is 0 Å². The summed E-state index contributed by atoms with van der Waals surface area (Å²) in [6.07, 6.45) is 5.95. The van der Waals surface area contributed by atoms with Crippen molar-refractivity contribution in [3.8, 4) is 11.3 Å². The van der Waals surface area contributed by atoms with Crippen LogP contribution < -0.4 is 5.32 Å². The van der Waals surface area contributed by atoms with Gasteiger partial charge in [0.2, 0.25) is 0 Å². The van der Waals surface area contributed by atoms with E-state index in [0.717, 1.165) is 25.2 Å². The molecule has 0 spiro atoms. The summed E-state index contributed by atoms with van der Waals surface area (Å²) in [5, 5.41) is 3.53. The third-order valence-corrected chi connectivity index (χ3v) is 4.33. The highest BCUT2D eigenvalue weighted by molar-refractivity contribution is 9.08. The molecule has 1 fully saturated rings. The molecule has 4 heteroatoms. The van der Waals surface area contributed by atoms with E-state index in [0.29, 0.717) is 6.04 Å². The number of rotatable bonds is 1. The molecule has 1 aromatic heterocycles. The summed E-state index contributed by atoms with van der Waals surface area (Å²) in [6.45, 7) is 1.12. The molecule has 21 heavy (non-hydrogen) atoms. The van der Waals surface area contributed by atoms with Crippen LogP contribution in [0.15, 0.2) is 24.3 Å². The first-order chi connectivity index (χ1) is 10.4. The second-order valence-corrected chi connectivity index (χ2v) is 5.61. The van der Waals surface area contributed by atoms with Crippen molar-refractivity contribution in [3.63, 3.8) is 0 Å². The van der Waals surface area contributed by atoms with Gasteiger partial charge in [-0.3, -0.25) is 0 Å². The number of halogens is 1. The van der Waals surface area contributed by atoms with Gasteiger partial charge in [0, 0.05) is 11.3 Å². The first-order valence-corrected chi connectivity index (χ1v) is 9.28. The summed E-state index contributed by atoms with van der Waals surface area (Å²) < 4.78 is 0. The molecule has 2 heterocycles. The van der Waals surface area contributed by atoms with Crippen LogP contribution in [0, 0.1) is 0 Å². The van der Waals surface area contributed by atoms with Gasteiger partial charge in [0.05, 0.1) is 11.7 Å². The van der Waals surface area contributed by atoms with Gasteiger partial charge in [0.25, 0.3) is 0 Å². The number of fused-ring (bicyclic) bond motifs is 3. The fourth-order valence-corrected chi connectivity index (χ4v) is 3.34. The average molecular weight is 348 g/mol. The predicted octanol–water partition coefficient (Wildman–Crippen LogP) is 4.00.